The number of carbonyl (C=O) groups excluding carboxylic acids is 1. The fraction of sp³-hybridized carbons (Fsp3) is 0.393. The third-order valence-electron chi connectivity index (χ3n) is 6.83. The van der Waals surface area contributed by atoms with Gasteiger partial charge in [0.15, 0.2) is 5.12 Å². The predicted octanol–water partition coefficient (Wildman–Crippen LogP) is 8.45. The summed E-state index contributed by atoms with van der Waals surface area (Å²) in [5, 5.41) is 0.981. The van der Waals surface area contributed by atoms with Crippen molar-refractivity contribution in [3.8, 4) is 0 Å². The van der Waals surface area contributed by atoms with Crippen LogP contribution in [-0.4, -0.2) is 11.4 Å². The van der Waals surface area contributed by atoms with Gasteiger partial charge in [-0.05, 0) is 84.1 Å². The molecule has 0 N–H and O–H groups in total. The molecule has 2 aromatic carbocycles. The van der Waals surface area contributed by atoms with Crippen LogP contribution < -0.4 is 0 Å². The zero-order chi connectivity index (χ0) is 22.0. The van der Waals surface area contributed by atoms with Crippen LogP contribution >= 0.6 is 23.4 Å². The van der Waals surface area contributed by atoms with E-state index in [0.717, 1.165) is 24.3 Å². The molecule has 2 aliphatic rings. The van der Waals surface area contributed by atoms with Crippen molar-refractivity contribution in [3.05, 3.63) is 81.9 Å². The highest BCUT2D eigenvalue weighted by atomic mass is 35.5. The molecule has 1 nitrogen and oxygen atoms in total. The lowest BCUT2D eigenvalue weighted by Crippen LogP contribution is -2.24. The van der Waals surface area contributed by atoms with Gasteiger partial charge in [-0.25, -0.2) is 0 Å². The van der Waals surface area contributed by atoms with Gasteiger partial charge in [0.05, 0.1) is 0 Å². The van der Waals surface area contributed by atoms with E-state index in [4.69, 9.17) is 11.6 Å². The van der Waals surface area contributed by atoms with Gasteiger partial charge in [0.2, 0.25) is 0 Å². The van der Waals surface area contributed by atoms with E-state index in [1.54, 1.807) is 5.57 Å². The van der Waals surface area contributed by atoms with Gasteiger partial charge in [0, 0.05) is 11.4 Å². The molecule has 1 unspecified atom stereocenters. The summed E-state index contributed by atoms with van der Waals surface area (Å²) < 4.78 is 0. The van der Waals surface area contributed by atoms with E-state index >= 15 is 0 Å². The molecule has 0 spiro atoms. The van der Waals surface area contributed by atoms with Crippen LogP contribution in [0, 0.1) is 11.3 Å². The second kappa shape index (κ2) is 9.38. The zero-order valence-electron chi connectivity index (χ0n) is 18.7. The minimum atomic E-state index is 0.240. The topological polar surface area (TPSA) is 17.1 Å². The smallest absolute Gasteiger partial charge is 0.192 e. The summed E-state index contributed by atoms with van der Waals surface area (Å²) in [5.41, 5.74) is 8.22. The Morgan fingerprint density at radius 1 is 1.00 bits per heavy atom. The van der Waals surface area contributed by atoms with Gasteiger partial charge in [0.25, 0.3) is 0 Å². The molecular weight excluding hydrogens is 420 g/mol. The van der Waals surface area contributed by atoms with Crippen LogP contribution in [0.3, 0.4) is 0 Å². The number of benzene rings is 2. The van der Waals surface area contributed by atoms with Crippen LogP contribution in [0.5, 0.6) is 0 Å². The lowest BCUT2D eigenvalue weighted by Gasteiger charge is -2.38. The first-order valence-corrected chi connectivity index (χ1v) is 12.8. The van der Waals surface area contributed by atoms with Gasteiger partial charge in [-0.1, -0.05) is 90.8 Å². The van der Waals surface area contributed by atoms with E-state index in [1.807, 2.05) is 18.4 Å². The summed E-state index contributed by atoms with van der Waals surface area (Å²) in [6.45, 7) is 4.79. The number of halogens is 1. The van der Waals surface area contributed by atoms with Crippen molar-refractivity contribution in [2.45, 2.75) is 52.4 Å². The van der Waals surface area contributed by atoms with E-state index < -0.39 is 0 Å². The summed E-state index contributed by atoms with van der Waals surface area (Å²) in [6, 6.07) is 19.0. The Morgan fingerprint density at radius 3 is 2.35 bits per heavy atom. The van der Waals surface area contributed by atoms with Crippen LogP contribution in [0.2, 0.25) is 5.02 Å². The van der Waals surface area contributed by atoms with Crippen LogP contribution in [0.15, 0.2) is 65.7 Å². The van der Waals surface area contributed by atoms with Crippen molar-refractivity contribution in [1.82, 2.24) is 0 Å². The fourth-order valence-electron chi connectivity index (χ4n) is 5.23. The average Bonchev–Trinajstić information content (AvgIpc) is 2.91. The van der Waals surface area contributed by atoms with E-state index in [9.17, 15) is 4.79 Å². The normalized spacial score (nSPS) is 21.0. The summed E-state index contributed by atoms with van der Waals surface area (Å²) in [4.78, 5) is 12.6. The van der Waals surface area contributed by atoms with Crippen molar-refractivity contribution < 1.29 is 4.79 Å². The first kappa shape index (κ1) is 22.4. The van der Waals surface area contributed by atoms with Gasteiger partial charge in [0.1, 0.15) is 0 Å². The van der Waals surface area contributed by atoms with Crippen molar-refractivity contribution in [3.63, 3.8) is 0 Å². The molecule has 31 heavy (non-hydrogen) atoms. The minimum absolute atomic E-state index is 0.240. The summed E-state index contributed by atoms with van der Waals surface area (Å²) >= 11 is 7.58. The second-order valence-electron chi connectivity index (χ2n) is 9.62. The Hall–Kier alpha value is -1.77. The maximum absolute atomic E-state index is 12.6. The Morgan fingerprint density at radius 2 is 1.68 bits per heavy atom. The highest BCUT2D eigenvalue weighted by Crippen LogP contribution is 2.52. The molecule has 0 radical (unpaired) electrons. The standard InChI is InChI=1S/C28H31ClOS/c1-28(2)16-15-19-9-10-22(17-25(30)31-3)26(21-11-13-23(29)14-12-21)27(24(19)18-28)20-7-5-4-6-8-20/h4-8,11-14,19H,9-10,15-18H2,1-3H3. The van der Waals surface area contributed by atoms with Crippen LogP contribution in [0.1, 0.15) is 63.5 Å². The van der Waals surface area contributed by atoms with Crippen molar-refractivity contribution in [1.29, 1.82) is 0 Å². The molecule has 162 valence electrons. The number of thioether (sulfide) groups is 1. The molecule has 0 aromatic heterocycles. The first-order valence-electron chi connectivity index (χ1n) is 11.2. The van der Waals surface area contributed by atoms with Crippen LogP contribution in [0.4, 0.5) is 0 Å². The number of hydrogen-bond acceptors (Lipinski definition) is 2. The maximum atomic E-state index is 12.6. The molecule has 4 rings (SSSR count). The van der Waals surface area contributed by atoms with Gasteiger partial charge in [-0.15, -0.1) is 0 Å². The SMILES string of the molecule is CSC(=O)CC1=C(c2ccc(Cl)cc2)C(c2ccccc2)=C2CC(C)(C)CCC2CC1. The van der Waals surface area contributed by atoms with E-state index in [0.29, 0.717) is 17.8 Å². The summed E-state index contributed by atoms with van der Waals surface area (Å²) in [7, 11) is 0. The van der Waals surface area contributed by atoms with Crippen molar-refractivity contribution in [2.24, 2.45) is 11.3 Å². The van der Waals surface area contributed by atoms with Gasteiger partial charge in [-0.3, -0.25) is 4.79 Å². The van der Waals surface area contributed by atoms with E-state index in [-0.39, 0.29) is 5.12 Å². The quantitative estimate of drug-likeness (QED) is 0.464. The minimum Gasteiger partial charge on any atom is -0.287 e. The number of fused-ring (bicyclic) bond motifs is 1. The highest BCUT2D eigenvalue weighted by Gasteiger charge is 2.36. The molecule has 2 aliphatic carbocycles. The molecular formula is C28H31ClOS. The van der Waals surface area contributed by atoms with Crippen molar-refractivity contribution in [2.75, 3.05) is 6.26 Å². The monoisotopic (exact) mass is 450 g/mol. The molecule has 0 aliphatic heterocycles. The summed E-state index contributed by atoms with van der Waals surface area (Å²) in [6.07, 6.45) is 8.13. The number of allylic oxidation sites excluding steroid dienone is 4. The highest BCUT2D eigenvalue weighted by molar-refractivity contribution is 8.13. The maximum Gasteiger partial charge on any atom is 0.192 e. The third kappa shape index (κ3) is 5.02. The Bertz CT molecular complexity index is 1010. The molecule has 0 heterocycles. The predicted molar refractivity (Wildman–Crippen MR) is 135 cm³/mol. The molecule has 1 saturated carbocycles. The summed E-state index contributed by atoms with van der Waals surface area (Å²) in [5.74, 6) is 0.590. The molecule has 0 amide bonds. The number of hydrogen-bond donors (Lipinski definition) is 0. The molecule has 3 heteroatoms. The van der Waals surface area contributed by atoms with Gasteiger partial charge < -0.3 is 0 Å². The van der Waals surface area contributed by atoms with Crippen molar-refractivity contribution >= 4 is 39.6 Å². The second-order valence-corrected chi connectivity index (χ2v) is 10.9. The molecule has 2 aromatic rings. The third-order valence-corrected chi connectivity index (χ3v) is 7.68. The van der Waals surface area contributed by atoms with E-state index in [1.165, 1.54) is 52.4 Å². The fourth-order valence-corrected chi connectivity index (χ4v) is 5.68. The zero-order valence-corrected chi connectivity index (χ0v) is 20.3. The Kier molecular flexibility index (Phi) is 6.79. The first-order chi connectivity index (χ1) is 14.9. The molecule has 1 atom stereocenters. The van der Waals surface area contributed by atoms with Gasteiger partial charge in [-0.2, -0.15) is 0 Å². The van der Waals surface area contributed by atoms with Crippen LogP contribution in [-0.2, 0) is 4.79 Å². The lowest BCUT2D eigenvalue weighted by atomic mass is 9.67. The Labute approximate surface area is 196 Å². The molecule has 0 saturated heterocycles. The van der Waals surface area contributed by atoms with E-state index in [2.05, 4.69) is 56.3 Å². The molecule has 1 fully saturated rings. The number of rotatable bonds is 4. The van der Waals surface area contributed by atoms with Gasteiger partial charge >= 0.3 is 0 Å². The average molecular weight is 451 g/mol. The van der Waals surface area contributed by atoms with Crippen LogP contribution in [0.25, 0.3) is 11.1 Å². The molecule has 0 bridgehead atoms. The Balaban J connectivity index is 2.00. The largest absolute Gasteiger partial charge is 0.287 e. The number of carbonyl (C=O) groups is 1. The lowest BCUT2D eigenvalue weighted by molar-refractivity contribution is -0.110.